The van der Waals surface area contributed by atoms with Gasteiger partial charge in [-0.2, -0.15) is 0 Å². The maximum Gasteiger partial charge on any atom is 0.255 e. The number of thioether (sulfide) groups is 1. The van der Waals surface area contributed by atoms with E-state index in [4.69, 9.17) is 21.1 Å². The second-order valence-corrected chi connectivity index (χ2v) is 6.47. The van der Waals surface area contributed by atoms with Crippen molar-refractivity contribution in [1.29, 1.82) is 0 Å². The Balaban J connectivity index is 2.23. The van der Waals surface area contributed by atoms with Crippen LogP contribution in [0.5, 0.6) is 11.5 Å². The number of halogens is 1. The number of carbonyl (C=O) groups excluding carboxylic acids is 1. The van der Waals surface area contributed by atoms with Gasteiger partial charge in [-0.15, -0.1) is 11.8 Å². The average molecular weight is 366 g/mol. The molecule has 2 rings (SSSR count). The molecule has 0 radical (unpaired) electrons. The second kappa shape index (κ2) is 8.31. The Labute approximate surface area is 151 Å². The molecule has 0 aliphatic heterocycles. The van der Waals surface area contributed by atoms with Gasteiger partial charge in [-0.25, -0.2) is 0 Å². The van der Waals surface area contributed by atoms with E-state index in [1.807, 2.05) is 30.5 Å². The van der Waals surface area contributed by atoms with Crippen molar-refractivity contribution >= 4 is 29.3 Å². The number of methoxy groups -OCH3 is 2. The number of hydrogen-bond acceptors (Lipinski definition) is 4. The number of nitrogens with zero attached hydrogens (tertiary/aromatic N) is 1. The zero-order valence-corrected chi connectivity index (χ0v) is 15.7. The number of carbonyl (C=O) groups is 1. The molecule has 0 aromatic heterocycles. The van der Waals surface area contributed by atoms with Gasteiger partial charge in [0.2, 0.25) is 0 Å². The van der Waals surface area contributed by atoms with Crippen molar-refractivity contribution in [2.24, 2.45) is 0 Å². The van der Waals surface area contributed by atoms with E-state index in [9.17, 15) is 4.79 Å². The largest absolute Gasteiger partial charge is 0.497 e. The van der Waals surface area contributed by atoms with Crippen LogP contribution in [0.4, 0.5) is 0 Å². The molecule has 4 nitrogen and oxygen atoms in total. The third-order valence-electron chi connectivity index (χ3n) is 3.65. The Morgan fingerprint density at radius 1 is 1.17 bits per heavy atom. The van der Waals surface area contributed by atoms with E-state index in [-0.39, 0.29) is 5.91 Å². The van der Waals surface area contributed by atoms with E-state index in [1.54, 1.807) is 50.1 Å². The molecule has 1 amide bonds. The summed E-state index contributed by atoms with van der Waals surface area (Å²) in [7, 11) is 4.94. The number of amides is 1. The molecule has 0 atom stereocenters. The van der Waals surface area contributed by atoms with Crippen LogP contribution in [0.2, 0.25) is 5.02 Å². The molecule has 0 saturated heterocycles. The minimum atomic E-state index is -0.131. The Hall–Kier alpha value is -1.85. The highest BCUT2D eigenvalue weighted by Gasteiger charge is 2.17. The van der Waals surface area contributed by atoms with Gasteiger partial charge in [0, 0.05) is 30.1 Å². The lowest BCUT2D eigenvalue weighted by Gasteiger charge is -2.20. The fourth-order valence-electron chi connectivity index (χ4n) is 2.31. The highest BCUT2D eigenvalue weighted by Crippen LogP contribution is 2.27. The Bertz CT molecular complexity index is 736. The maximum atomic E-state index is 12.7. The third kappa shape index (κ3) is 4.16. The highest BCUT2D eigenvalue weighted by molar-refractivity contribution is 7.98. The first kappa shape index (κ1) is 18.5. The first-order valence-electron chi connectivity index (χ1n) is 7.30. The number of ether oxygens (including phenoxy) is 2. The van der Waals surface area contributed by atoms with Crippen molar-refractivity contribution in [2.45, 2.75) is 11.4 Å². The van der Waals surface area contributed by atoms with E-state index in [2.05, 4.69) is 0 Å². The Kier molecular flexibility index (Phi) is 6.40. The van der Waals surface area contributed by atoms with Gasteiger partial charge in [0.15, 0.2) is 0 Å². The van der Waals surface area contributed by atoms with Crippen molar-refractivity contribution < 1.29 is 14.3 Å². The summed E-state index contributed by atoms with van der Waals surface area (Å²) in [5.74, 6) is 1.26. The zero-order valence-electron chi connectivity index (χ0n) is 14.1. The van der Waals surface area contributed by atoms with Crippen LogP contribution in [-0.4, -0.2) is 38.3 Å². The van der Waals surface area contributed by atoms with Gasteiger partial charge >= 0.3 is 0 Å². The molecule has 128 valence electrons. The molecule has 2 aromatic carbocycles. The first-order chi connectivity index (χ1) is 11.5. The van der Waals surface area contributed by atoms with Crippen LogP contribution in [-0.2, 0) is 6.54 Å². The van der Waals surface area contributed by atoms with E-state index in [0.717, 1.165) is 10.5 Å². The fourth-order valence-corrected chi connectivity index (χ4v) is 2.95. The van der Waals surface area contributed by atoms with Gasteiger partial charge in [0.1, 0.15) is 11.5 Å². The third-order valence-corrected chi connectivity index (χ3v) is 4.71. The highest BCUT2D eigenvalue weighted by atomic mass is 35.5. The van der Waals surface area contributed by atoms with Crippen LogP contribution in [0.25, 0.3) is 0 Å². The topological polar surface area (TPSA) is 38.8 Å². The van der Waals surface area contributed by atoms with Crippen LogP contribution in [0, 0.1) is 0 Å². The van der Waals surface area contributed by atoms with E-state index in [1.165, 1.54) is 0 Å². The van der Waals surface area contributed by atoms with Gasteiger partial charge in [-0.3, -0.25) is 4.79 Å². The van der Waals surface area contributed by atoms with Crippen molar-refractivity contribution in [3.8, 4) is 11.5 Å². The summed E-state index contributed by atoms with van der Waals surface area (Å²) in [6.45, 7) is 0.409. The van der Waals surface area contributed by atoms with E-state index >= 15 is 0 Å². The molecule has 0 unspecified atom stereocenters. The van der Waals surface area contributed by atoms with Gasteiger partial charge in [-0.05, 0) is 36.6 Å². The molecule has 0 saturated carbocycles. The van der Waals surface area contributed by atoms with E-state index in [0.29, 0.717) is 28.6 Å². The summed E-state index contributed by atoms with van der Waals surface area (Å²) in [6.07, 6.45) is 1.96. The van der Waals surface area contributed by atoms with Gasteiger partial charge < -0.3 is 14.4 Å². The molecular weight excluding hydrogens is 346 g/mol. The molecular formula is C18H20ClNO3S. The summed E-state index contributed by atoms with van der Waals surface area (Å²) < 4.78 is 10.6. The summed E-state index contributed by atoms with van der Waals surface area (Å²) >= 11 is 7.77. The second-order valence-electron chi connectivity index (χ2n) is 5.18. The van der Waals surface area contributed by atoms with Crippen molar-refractivity contribution in [2.75, 3.05) is 27.5 Å². The number of rotatable bonds is 6. The smallest absolute Gasteiger partial charge is 0.255 e. The molecule has 6 heteroatoms. The van der Waals surface area contributed by atoms with Gasteiger partial charge in [0.25, 0.3) is 5.91 Å². The molecule has 0 aliphatic rings. The summed E-state index contributed by atoms with van der Waals surface area (Å²) in [5.41, 5.74) is 1.39. The predicted molar refractivity (Wildman–Crippen MR) is 98.6 cm³/mol. The van der Waals surface area contributed by atoms with Gasteiger partial charge in [0.05, 0.1) is 24.8 Å². The standard InChI is InChI=1S/C18H20ClNO3S/c1-20(11-12-5-6-13(22-2)9-17(12)23-3)18(21)15-10-14(24-4)7-8-16(15)19/h5-10H,11H2,1-4H3. The van der Waals surface area contributed by atoms with E-state index < -0.39 is 0 Å². The van der Waals surface area contributed by atoms with Crippen LogP contribution >= 0.6 is 23.4 Å². The Morgan fingerprint density at radius 2 is 1.92 bits per heavy atom. The minimum absolute atomic E-state index is 0.131. The predicted octanol–water partition coefficient (Wildman–Crippen LogP) is 4.35. The molecule has 0 aliphatic carbocycles. The maximum absolute atomic E-state index is 12.7. The van der Waals surface area contributed by atoms with Gasteiger partial charge in [-0.1, -0.05) is 11.6 Å². The van der Waals surface area contributed by atoms with Crippen molar-refractivity contribution in [3.05, 3.63) is 52.5 Å². The summed E-state index contributed by atoms with van der Waals surface area (Å²) in [5, 5.41) is 0.450. The van der Waals surface area contributed by atoms with Crippen molar-refractivity contribution in [3.63, 3.8) is 0 Å². The number of hydrogen-bond donors (Lipinski definition) is 0. The van der Waals surface area contributed by atoms with Crippen LogP contribution in [0.3, 0.4) is 0 Å². The SMILES string of the molecule is COc1ccc(CN(C)C(=O)c2cc(SC)ccc2Cl)c(OC)c1. The molecule has 2 aromatic rings. The lowest BCUT2D eigenvalue weighted by molar-refractivity contribution is 0.0784. The van der Waals surface area contributed by atoms with Crippen LogP contribution in [0.15, 0.2) is 41.3 Å². The normalized spacial score (nSPS) is 10.4. The van der Waals surface area contributed by atoms with Crippen LogP contribution in [0.1, 0.15) is 15.9 Å². The van der Waals surface area contributed by atoms with Crippen molar-refractivity contribution in [1.82, 2.24) is 4.90 Å². The van der Waals surface area contributed by atoms with Crippen LogP contribution < -0.4 is 9.47 Å². The fraction of sp³-hybridized carbons (Fsp3) is 0.278. The molecule has 0 bridgehead atoms. The molecule has 24 heavy (non-hydrogen) atoms. The first-order valence-corrected chi connectivity index (χ1v) is 8.90. The summed E-state index contributed by atoms with van der Waals surface area (Å²) in [6, 6.07) is 11.0. The number of benzene rings is 2. The minimum Gasteiger partial charge on any atom is -0.497 e. The zero-order chi connectivity index (χ0) is 17.7. The Morgan fingerprint density at radius 3 is 2.54 bits per heavy atom. The lowest BCUT2D eigenvalue weighted by Crippen LogP contribution is -2.26. The molecule has 0 N–H and O–H groups in total. The lowest BCUT2D eigenvalue weighted by atomic mass is 10.1. The monoisotopic (exact) mass is 365 g/mol. The quantitative estimate of drug-likeness (QED) is 0.713. The average Bonchev–Trinajstić information content (AvgIpc) is 2.61. The molecule has 0 heterocycles. The summed E-state index contributed by atoms with van der Waals surface area (Å²) in [4.78, 5) is 15.3. The molecule has 0 spiro atoms. The molecule has 0 fully saturated rings.